The number of rotatable bonds is 5. The van der Waals surface area contributed by atoms with Crippen molar-refractivity contribution in [3.63, 3.8) is 0 Å². The molecule has 150 valence electrons. The third-order valence-corrected chi connectivity index (χ3v) is 5.07. The van der Waals surface area contributed by atoms with Crippen molar-refractivity contribution in [2.75, 3.05) is 25.5 Å². The molecule has 0 bridgehead atoms. The molecule has 1 aliphatic rings. The molecule has 1 saturated heterocycles. The number of piperidine rings is 1. The van der Waals surface area contributed by atoms with Crippen molar-refractivity contribution in [2.24, 2.45) is 5.92 Å². The largest absolute Gasteiger partial charge is 0.416 e. The van der Waals surface area contributed by atoms with Gasteiger partial charge >= 0.3 is 6.18 Å². The van der Waals surface area contributed by atoms with Crippen LogP contribution in [0.25, 0.3) is 0 Å². The van der Waals surface area contributed by atoms with Gasteiger partial charge in [0.15, 0.2) is 0 Å². The van der Waals surface area contributed by atoms with E-state index in [9.17, 15) is 18.0 Å². The average Bonchev–Trinajstić information content (AvgIpc) is 2.71. The Labute approximate surface area is 162 Å². The van der Waals surface area contributed by atoms with E-state index in [0.717, 1.165) is 18.9 Å². The number of carbonyl (C=O) groups is 1. The molecule has 1 atom stereocenters. The summed E-state index contributed by atoms with van der Waals surface area (Å²) in [6.45, 7) is 1.18. The van der Waals surface area contributed by atoms with Crippen molar-refractivity contribution < 1.29 is 18.0 Å². The molecule has 0 spiro atoms. The number of carbonyl (C=O) groups excluding carboxylic acids is 1. The van der Waals surface area contributed by atoms with E-state index in [-0.39, 0.29) is 11.8 Å². The normalized spacial score (nSPS) is 17.4. The maximum atomic E-state index is 13.2. The molecule has 0 aliphatic carbocycles. The standard InChI is InChI=1S/C20H23F3N4O/c1-24-19-25-11-16(12-26-19)18(28)27-10-4-5-14(13-27)8-9-15-6-2-3-7-17(15)20(21,22)23/h2-3,6-7,11-12,14H,4-5,8-10,13H2,1H3,(H,24,25,26)/t14-/m0/s1. The highest BCUT2D eigenvalue weighted by atomic mass is 19.4. The summed E-state index contributed by atoms with van der Waals surface area (Å²) >= 11 is 0. The van der Waals surface area contributed by atoms with E-state index in [4.69, 9.17) is 0 Å². The molecule has 3 rings (SSSR count). The molecule has 2 heterocycles. The van der Waals surface area contributed by atoms with Crippen molar-refractivity contribution in [2.45, 2.75) is 31.9 Å². The van der Waals surface area contributed by atoms with E-state index in [1.807, 2.05) is 0 Å². The summed E-state index contributed by atoms with van der Waals surface area (Å²) < 4.78 is 39.5. The molecule has 1 N–H and O–H groups in total. The molecule has 1 aromatic carbocycles. The number of halogens is 3. The first-order valence-corrected chi connectivity index (χ1v) is 9.32. The van der Waals surface area contributed by atoms with Gasteiger partial charge in [-0.2, -0.15) is 13.2 Å². The summed E-state index contributed by atoms with van der Waals surface area (Å²) in [6.07, 6.45) is 1.35. The lowest BCUT2D eigenvalue weighted by Gasteiger charge is -2.33. The van der Waals surface area contributed by atoms with Crippen molar-refractivity contribution in [3.8, 4) is 0 Å². The van der Waals surface area contributed by atoms with Gasteiger partial charge in [0.05, 0.1) is 11.1 Å². The lowest BCUT2D eigenvalue weighted by Crippen LogP contribution is -2.40. The van der Waals surface area contributed by atoms with Crippen LogP contribution in [0.3, 0.4) is 0 Å². The second-order valence-corrected chi connectivity index (χ2v) is 7.00. The zero-order valence-electron chi connectivity index (χ0n) is 15.7. The van der Waals surface area contributed by atoms with Crippen LogP contribution in [-0.4, -0.2) is 40.9 Å². The first kappa shape index (κ1) is 20.1. The van der Waals surface area contributed by atoms with Crippen LogP contribution in [0.2, 0.25) is 0 Å². The van der Waals surface area contributed by atoms with Gasteiger partial charge in [-0.25, -0.2) is 9.97 Å². The number of benzene rings is 1. The second-order valence-electron chi connectivity index (χ2n) is 7.00. The Kier molecular flexibility index (Phi) is 6.16. The molecule has 1 amide bonds. The molecule has 0 radical (unpaired) electrons. The SMILES string of the molecule is CNc1ncc(C(=O)N2CCC[C@@H](CCc3ccccc3C(F)(F)F)C2)cn1. The number of hydrogen-bond acceptors (Lipinski definition) is 4. The summed E-state index contributed by atoms with van der Waals surface area (Å²) in [5.74, 6) is 0.482. The predicted octanol–water partition coefficient (Wildman–Crippen LogP) is 4.02. The molecule has 28 heavy (non-hydrogen) atoms. The molecule has 5 nitrogen and oxygen atoms in total. The number of anilines is 1. The van der Waals surface area contributed by atoms with Crippen LogP contribution < -0.4 is 5.32 Å². The van der Waals surface area contributed by atoms with Crippen LogP contribution >= 0.6 is 0 Å². The van der Waals surface area contributed by atoms with E-state index in [1.54, 1.807) is 18.0 Å². The number of alkyl halides is 3. The number of hydrogen-bond donors (Lipinski definition) is 1. The van der Waals surface area contributed by atoms with Gasteiger partial charge in [-0.3, -0.25) is 4.79 Å². The fourth-order valence-electron chi connectivity index (χ4n) is 3.61. The molecule has 1 aromatic heterocycles. The van der Waals surface area contributed by atoms with Gasteiger partial charge < -0.3 is 10.2 Å². The third-order valence-electron chi connectivity index (χ3n) is 5.07. The van der Waals surface area contributed by atoms with Crippen LogP contribution in [-0.2, 0) is 12.6 Å². The minimum atomic E-state index is -4.34. The quantitative estimate of drug-likeness (QED) is 0.835. The molecular weight excluding hydrogens is 369 g/mol. The molecule has 1 fully saturated rings. The second kappa shape index (κ2) is 8.58. The zero-order valence-corrected chi connectivity index (χ0v) is 15.7. The Morgan fingerprint density at radius 1 is 1.25 bits per heavy atom. The zero-order chi connectivity index (χ0) is 20.1. The summed E-state index contributed by atoms with van der Waals surface area (Å²) in [4.78, 5) is 22.6. The Bertz CT molecular complexity index is 808. The highest BCUT2D eigenvalue weighted by molar-refractivity contribution is 5.93. The highest BCUT2D eigenvalue weighted by Crippen LogP contribution is 2.33. The van der Waals surface area contributed by atoms with Crippen LogP contribution in [0.5, 0.6) is 0 Å². The van der Waals surface area contributed by atoms with Crippen molar-refractivity contribution >= 4 is 11.9 Å². The predicted molar refractivity (Wildman–Crippen MR) is 100.0 cm³/mol. The Morgan fingerprint density at radius 2 is 1.96 bits per heavy atom. The third kappa shape index (κ3) is 4.79. The van der Waals surface area contributed by atoms with Crippen LogP contribution in [0.15, 0.2) is 36.7 Å². The van der Waals surface area contributed by atoms with Crippen molar-refractivity contribution in [1.82, 2.24) is 14.9 Å². The molecule has 0 unspecified atom stereocenters. The minimum Gasteiger partial charge on any atom is -0.357 e. The van der Waals surface area contributed by atoms with Crippen LogP contribution in [0, 0.1) is 5.92 Å². The summed E-state index contributed by atoms with van der Waals surface area (Å²) in [5, 5.41) is 2.80. The van der Waals surface area contributed by atoms with Crippen LogP contribution in [0.4, 0.5) is 19.1 Å². The topological polar surface area (TPSA) is 58.1 Å². The lowest BCUT2D eigenvalue weighted by molar-refractivity contribution is -0.138. The monoisotopic (exact) mass is 392 g/mol. The summed E-state index contributed by atoms with van der Waals surface area (Å²) in [6, 6.07) is 5.71. The van der Waals surface area contributed by atoms with Gasteiger partial charge in [-0.1, -0.05) is 18.2 Å². The van der Waals surface area contributed by atoms with Gasteiger partial charge in [-0.05, 0) is 43.2 Å². The number of amides is 1. The average molecular weight is 392 g/mol. The van der Waals surface area contributed by atoms with Crippen LogP contribution in [0.1, 0.15) is 40.7 Å². The minimum absolute atomic E-state index is 0.136. The Balaban J connectivity index is 1.62. The number of aryl methyl sites for hydroxylation is 1. The number of nitrogens with zero attached hydrogens (tertiary/aromatic N) is 3. The van der Waals surface area contributed by atoms with E-state index in [0.29, 0.717) is 43.0 Å². The molecular formula is C20H23F3N4O. The van der Waals surface area contributed by atoms with E-state index < -0.39 is 11.7 Å². The fourth-order valence-corrected chi connectivity index (χ4v) is 3.61. The van der Waals surface area contributed by atoms with E-state index in [1.165, 1.54) is 24.5 Å². The number of nitrogens with one attached hydrogen (secondary N) is 1. The van der Waals surface area contributed by atoms with E-state index in [2.05, 4.69) is 15.3 Å². The first-order chi connectivity index (χ1) is 13.4. The first-order valence-electron chi connectivity index (χ1n) is 9.32. The van der Waals surface area contributed by atoms with Gasteiger partial charge in [0.1, 0.15) is 0 Å². The molecule has 0 saturated carbocycles. The molecule has 8 heteroatoms. The maximum absolute atomic E-state index is 13.2. The molecule has 1 aliphatic heterocycles. The molecule has 2 aromatic rings. The number of likely N-dealkylation sites (tertiary alicyclic amines) is 1. The lowest BCUT2D eigenvalue weighted by atomic mass is 9.90. The summed E-state index contributed by atoms with van der Waals surface area (Å²) in [5.41, 5.74) is 0.164. The van der Waals surface area contributed by atoms with Gasteiger partial charge in [0.2, 0.25) is 5.95 Å². The number of aromatic nitrogens is 2. The Morgan fingerprint density at radius 3 is 2.64 bits per heavy atom. The smallest absolute Gasteiger partial charge is 0.357 e. The van der Waals surface area contributed by atoms with Gasteiger partial charge in [0, 0.05) is 32.5 Å². The fraction of sp³-hybridized carbons (Fsp3) is 0.450. The van der Waals surface area contributed by atoms with Gasteiger partial charge in [0.25, 0.3) is 5.91 Å². The van der Waals surface area contributed by atoms with Crippen molar-refractivity contribution in [1.29, 1.82) is 0 Å². The van der Waals surface area contributed by atoms with E-state index >= 15 is 0 Å². The maximum Gasteiger partial charge on any atom is 0.416 e. The summed E-state index contributed by atoms with van der Waals surface area (Å²) in [7, 11) is 1.70. The van der Waals surface area contributed by atoms with Gasteiger partial charge in [-0.15, -0.1) is 0 Å². The van der Waals surface area contributed by atoms with Crippen molar-refractivity contribution in [3.05, 3.63) is 53.3 Å². The highest BCUT2D eigenvalue weighted by Gasteiger charge is 2.33. The Hall–Kier alpha value is -2.64.